The lowest BCUT2D eigenvalue weighted by molar-refractivity contribution is 1.10. The van der Waals surface area contributed by atoms with Crippen molar-refractivity contribution in [2.24, 2.45) is 0 Å². The van der Waals surface area contributed by atoms with E-state index in [9.17, 15) is 0 Å². The maximum atomic E-state index is 6.13. The van der Waals surface area contributed by atoms with Gasteiger partial charge in [-0.15, -0.1) is 0 Å². The van der Waals surface area contributed by atoms with Crippen LogP contribution in [0, 0.1) is 6.92 Å². The summed E-state index contributed by atoms with van der Waals surface area (Å²) < 4.78 is 0. The standard InChI is InChI=1S/C16H15ClN4/c1-11-7-8-18-16(17)14(11)19-9-13-10-20-21-15(13)12-5-3-2-4-6-12/h2-8,10,19H,9H2,1H3,(H,20,21). The first-order valence-corrected chi connectivity index (χ1v) is 7.06. The van der Waals surface area contributed by atoms with Crippen LogP contribution in [-0.2, 0) is 6.54 Å². The van der Waals surface area contributed by atoms with Crippen LogP contribution in [0.5, 0.6) is 0 Å². The maximum Gasteiger partial charge on any atom is 0.152 e. The van der Waals surface area contributed by atoms with E-state index in [2.05, 4.69) is 32.6 Å². The number of hydrogen-bond acceptors (Lipinski definition) is 3. The van der Waals surface area contributed by atoms with Gasteiger partial charge >= 0.3 is 0 Å². The van der Waals surface area contributed by atoms with Gasteiger partial charge in [0.2, 0.25) is 0 Å². The molecule has 0 aliphatic rings. The number of anilines is 1. The molecule has 2 N–H and O–H groups in total. The Hall–Kier alpha value is -2.33. The van der Waals surface area contributed by atoms with Gasteiger partial charge in [0.1, 0.15) is 0 Å². The summed E-state index contributed by atoms with van der Waals surface area (Å²) >= 11 is 6.13. The molecule has 0 spiro atoms. The summed E-state index contributed by atoms with van der Waals surface area (Å²) in [6, 6.07) is 12.1. The molecule has 1 aromatic carbocycles. The predicted octanol–water partition coefficient (Wildman–Crippen LogP) is 4.05. The van der Waals surface area contributed by atoms with Gasteiger partial charge in [0, 0.05) is 18.3 Å². The Morgan fingerprint density at radius 2 is 2.00 bits per heavy atom. The summed E-state index contributed by atoms with van der Waals surface area (Å²) in [6.07, 6.45) is 3.53. The predicted molar refractivity (Wildman–Crippen MR) is 85.3 cm³/mol. The molecule has 5 heteroatoms. The van der Waals surface area contributed by atoms with Crippen LogP contribution < -0.4 is 5.32 Å². The number of nitrogens with zero attached hydrogens (tertiary/aromatic N) is 2. The lowest BCUT2D eigenvalue weighted by atomic mass is 10.1. The largest absolute Gasteiger partial charge is 0.378 e. The van der Waals surface area contributed by atoms with Crippen LogP contribution in [0.25, 0.3) is 11.3 Å². The molecule has 3 rings (SSSR count). The third kappa shape index (κ3) is 2.90. The van der Waals surface area contributed by atoms with E-state index in [1.807, 2.05) is 37.4 Å². The average Bonchev–Trinajstić information content (AvgIpc) is 2.96. The Labute approximate surface area is 128 Å². The number of aryl methyl sites for hydroxylation is 1. The number of rotatable bonds is 4. The summed E-state index contributed by atoms with van der Waals surface area (Å²) in [4.78, 5) is 4.10. The monoisotopic (exact) mass is 298 g/mol. The number of nitrogens with one attached hydrogen (secondary N) is 2. The van der Waals surface area contributed by atoms with Crippen molar-refractivity contribution in [3.63, 3.8) is 0 Å². The molecule has 106 valence electrons. The summed E-state index contributed by atoms with van der Waals surface area (Å²) in [7, 11) is 0. The highest BCUT2D eigenvalue weighted by atomic mass is 35.5. The molecule has 0 saturated carbocycles. The lowest BCUT2D eigenvalue weighted by Gasteiger charge is -2.10. The second kappa shape index (κ2) is 5.97. The van der Waals surface area contributed by atoms with Crippen LogP contribution in [0.15, 0.2) is 48.8 Å². The molecule has 0 unspecified atom stereocenters. The summed E-state index contributed by atoms with van der Waals surface area (Å²) in [5.41, 5.74) is 5.14. The van der Waals surface area contributed by atoms with Crippen molar-refractivity contribution in [3.8, 4) is 11.3 Å². The fraction of sp³-hybridized carbons (Fsp3) is 0.125. The number of halogens is 1. The molecule has 2 aromatic heterocycles. The van der Waals surface area contributed by atoms with E-state index in [0.29, 0.717) is 11.7 Å². The van der Waals surface area contributed by atoms with E-state index >= 15 is 0 Å². The van der Waals surface area contributed by atoms with E-state index in [0.717, 1.165) is 28.1 Å². The lowest BCUT2D eigenvalue weighted by Crippen LogP contribution is -2.03. The highest BCUT2D eigenvalue weighted by molar-refractivity contribution is 6.32. The Morgan fingerprint density at radius 1 is 1.19 bits per heavy atom. The van der Waals surface area contributed by atoms with E-state index in [1.165, 1.54) is 0 Å². The van der Waals surface area contributed by atoms with Crippen LogP contribution in [-0.4, -0.2) is 15.2 Å². The van der Waals surface area contributed by atoms with Gasteiger partial charge in [-0.3, -0.25) is 5.10 Å². The fourth-order valence-corrected chi connectivity index (χ4v) is 2.49. The van der Waals surface area contributed by atoms with Gasteiger partial charge in [0.15, 0.2) is 5.15 Å². The fourth-order valence-electron chi connectivity index (χ4n) is 2.22. The van der Waals surface area contributed by atoms with Gasteiger partial charge < -0.3 is 5.32 Å². The molecule has 0 radical (unpaired) electrons. The van der Waals surface area contributed by atoms with Crippen LogP contribution in [0.2, 0.25) is 5.15 Å². The van der Waals surface area contributed by atoms with Gasteiger partial charge in [-0.25, -0.2) is 4.98 Å². The molecule has 0 fully saturated rings. The highest BCUT2D eigenvalue weighted by Crippen LogP contribution is 2.25. The normalized spacial score (nSPS) is 10.6. The average molecular weight is 299 g/mol. The van der Waals surface area contributed by atoms with Crippen LogP contribution in [0.4, 0.5) is 5.69 Å². The van der Waals surface area contributed by atoms with Crippen molar-refractivity contribution in [1.29, 1.82) is 0 Å². The first kappa shape index (κ1) is 13.6. The van der Waals surface area contributed by atoms with Crippen LogP contribution in [0.1, 0.15) is 11.1 Å². The molecule has 0 amide bonds. The summed E-state index contributed by atoms with van der Waals surface area (Å²) in [5, 5.41) is 11.0. The molecule has 21 heavy (non-hydrogen) atoms. The zero-order valence-electron chi connectivity index (χ0n) is 11.6. The smallest absolute Gasteiger partial charge is 0.152 e. The van der Waals surface area contributed by atoms with Crippen molar-refractivity contribution in [3.05, 3.63) is 65.1 Å². The Morgan fingerprint density at radius 3 is 2.76 bits per heavy atom. The topological polar surface area (TPSA) is 53.6 Å². The Balaban J connectivity index is 1.83. The number of benzene rings is 1. The molecule has 2 heterocycles. The summed E-state index contributed by atoms with van der Waals surface area (Å²) in [6.45, 7) is 2.64. The molecule has 0 aliphatic heterocycles. The SMILES string of the molecule is Cc1ccnc(Cl)c1NCc1cn[nH]c1-c1ccccc1. The van der Waals surface area contributed by atoms with Crippen molar-refractivity contribution in [1.82, 2.24) is 15.2 Å². The van der Waals surface area contributed by atoms with Gasteiger partial charge in [0.05, 0.1) is 17.6 Å². The first-order chi connectivity index (χ1) is 10.3. The van der Waals surface area contributed by atoms with Gasteiger partial charge in [0.25, 0.3) is 0 Å². The van der Waals surface area contributed by atoms with Crippen molar-refractivity contribution < 1.29 is 0 Å². The van der Waals surface area contributed by atoms with E-state index in [-0.39, 0.29) is 0 Å². The molecule has 0 aliphatic carbocycles. The number of hydrogen-bond donors (Lipinski definition) is 2. The van der Waals surface area contributed by atoms with Gasteiger partial charge in [-0.05, 0) is 24.1 Å². The third-order valence-electron chi connectivity index (χ3n) is 3.35. The van der Waals surface area contributed by atoms with Crippen LogP contribution in [0.3, 0.4) is 0 Å². The van der Waals surface area contributed by atoms with Gasteiger partial charge in [-0.2, -0.15) is 5.10 Å². The second-order valence-corrected chi connectivity index (χ2v) is 5.14. The van der Waals surface area contributed by atoms with Crippen molar-refractivity contribution in [2.75, 3.05) is 5.32 Å². The molecule has 4 nitrogen and oxygen atoms in total. The number of pyridine rings is 1. The van der Waals surface area contributed by atoms with Crippen molar-refractivity contribution in [2.45, 2.75) is 13.5 Å². The third-order valence-corrected chi connectivity index (χ3v) is 3.64. The molecular formula is C16H15ClN4. The highest BCUT2D eigenvalue weighted by Gasteiger charge is 2.09. The molecule has 3 aromatic rings. The van der Waals surface area contributed by atoms with E-state index in [4.69, 9.17) is 11.6 Å². The molecule has 0 atom stereocenters. The minimum Gasteiger partial charge on any atom is -0.378 e. The molecule has 0 bridgehead atoms. The van der Waals surface area contributed by atoms with E-state index in [1.54, 1.807) is 6.20 Å². The Kier molecular flexibility index (Phi) is 3.88. The maximum absolute atomic E-state index is 6.13. The zero-order chi connectivity index (χ0) is 14.7. The van der Waals surface area contributed by atoms with Gasteiger partial charge in [-0.1, -0.05) is 41.9 Å². The number of aromatic amines is 1. The number of aromatic nitrogens is 3. The molecule has 0 saturated heterocycles. The van der Waals surface area contributed by atoms with Crippen LogP contribution >= 0.6 is 11.6 Å². The second-order valence-electron chi connectivity index (χ2n) is 4.78. The van der Waals surface area contributed by atoms with Crippen molar-refractivity contribution >= 4 is 17.3 Å². The first-order valence-electron chi connectivity index (χ1n) is 6.68. The summed E-state index contributed by atoms with van der Waals surface area (Å²) in [5.74, 6) is 0. The molecular weight excluding hydrogens is 284 g/mol. The quantitative estimate of drug-likeness (QED) is 0.715. The minimum atomic E-state index is 0.486. The van der Waals surface area contributed by atoms with E-state index < -0.39 is 0 Å². The zero-order valence-corrected chi connectivity index (χ0v) is 12.4. The Bertz CT molecular complexity index is 717. The minimum absolute atomic E-state index is 0.486. The number of H-pyrrole nitrogens is 1.